The number of rotatable bonds is 6. The van der Waals surface area contributed by atoms with Crippen molar-refractivity contribution < 1.29 is 44.2 Å². The lowest BCUT2D eigenvalue weighted by Gasteiger charge is -2.18. The number of hydrogen-bond donors (Lipinski definition) is 4. The van der Waals surface area contributed by atoms with Crippen molar-refractivity contribution in [1.29, 1.82) is 0 Å². The smallest absolute Gasteiger partial charge is 0.311 e. The zero-order valence-corrected chi connectivity index (χ0v) is 23.5. The van der Waals surface area contributed by atoms with Crippen LogP contribution in [0.2, 0.25) is 0 Å². The van der Waals surface area contributed by atoms with Gasteiger partial charge in [0, 0.05) is 12.0 Å². The molecule has 6 N–H and O–H groups in total. The summed E-state index contributed by atoms with van der Waals surface area (Å²) in [5, 5.41) is 18.4. The molecule has 1 aliphatic rings. The van der Waals surface area contributed by atoms with Gasteiger partial charge < -0.3 is 25.4 Å². The minimum atomic E-state index is -0.757. The van der Waals surface area contributed by atoms with Crippen LogP contribution in [0.4, 0.5) is 0 Å². The number of quaternary nitrogens is 1. The average Bonchev–Trinajstić information content (AvgIpc) is 3.15. The first-order valence-electron chi connectivity index (χ1n) is 11.9. The van der Waals surface area contributed by atoms with Crippen LogP contribution in [0.3, 0.4) is 0 Å². The quantitative estimate of drug-likeness (QED) is 0.238. The molecule has 36 heavy (non-hydrogen) atoms. The molecule has 1 aliphatic heterocycles. The Morgan fingerprint density at radius 3 is 1.72 bits per heavy atom. The summed E-state index contributed by atoms with van der Waals surface area (Å²) in [6.45, 7) is 17.4. The highest BCUT2D eigenvalue weighted by Gasteiger charge is 2.30. The Morgan fingerprint density at radius 2 is 1.36 bits per heavy atom. The lowest BCUT2D eigenvalue weighted by Crippen LogP contribution is -2.84. The molecule has 1 saturated heterocycles. The molecule has 1 amide bonds. The number of carbonyl (C=O) groups is 4. The van der Waals surface area contributed by atoms with Gasteiger partial charge >= 0.3 is 17.9 Å². The third kappa shape index (κ3) is 17.7. The molecule has 0 aliphatic carbocycles. The van der Waals surface area contributed by atoms with E-state index in [0.717, 1.165) is 12.8 Å². The van der Waals surface area contributed by atoms with Crippen LogP contribution in [-0.2, 0) is 28.7 Å². The van der Waals surface area contributed by atoms with Gasteiger partial charge in [-0.05, 0) is 87.8 Å². The summed E-state index contributed by atoms with van der Waals surface area (Å²) in [5.41, 5.74) is 3.98. The normalized spacial score (nSPS) is 18.4. The van der Waals surface area contributed by atoms with E-state index >= 15 is 0 Å². The van der Waals surface area contributed by atoms with Crippen molar-refractivity contribution in [2.24, 2.45) is 22.0 Å². The molecule has 0 radical (unpaired) electrons. The van der Waals surface area contributed by atoms with Crippen LogP contribution in [-0.4, -0.2) is 53.0 Å². The van der Waals surface area contributed by atoms with Crippen molar-refractivity contribution in [2.75, 3.05) is 6.61 Å². The standard InChI is InChI=1S/C16H26N2O4.2C5H10O2/c1-11(14(17)19)6-5-9-18-13-8-7-12(22-13)10-21-15(20)16(2,3)4;2*1-5(2,3)4(6)7/h5-6,9,12-13,18H,7-8,10H2,1-4H3,(H2,17,19);2*1-3H3,(H,6,7)/p+1/b9-5-,11-6+;;/t12-,13+;;/m0../s1. The predicted molar refractivity (Wildman–Crippen MR) is 137 cm³/mol. The second-order valence-corrected chi connectivity index (χ2v) is 11.6. The van der Waals surface area contributed by atoms with E-state index in [0.29, 0.717) is 12.2 Å². The molecular formula is C26H47N2O8+. The molecule has 0 aromatic heterocycles. The van der Waals surface area contributed by atoms with E-state index in [1.54, 1.807) is 60.6 Å². The highest BCUT2D eigenvalue weighted by molar-refractivity contribution is 5.91. The van der Waals surface area contributed by atoms with E-state index in [4.69, 9.17) is 25.4 Å². The fourth-order valence-corrected chi connectivity index (χ4v) is 1.85. The molecule has 0 saturated carbocycles. The van der Waals surface area contributed by atoms with Crippen LogP contribution in [0.25, 0.3) is 0 Å². The van der Waals surface area contributed by atoms with Crippen molar-refractivity contribution in [3.63, 3.8) is 0 Å². The summed E-state index contributed by atoms with van der Waals surface area (Å²) in [7, 11) is 0. The topological polar surface area (TPSA) is 170 Å². The summed E-state index contributed by atoms with van der Waals surface area (Å²) < 4.78 is 11.0. The van der Waals surface area contributed by atoms with Crippen molar-refractivity contribution >= 4 is 23.8 Å². The number of allylic oxidation sites excluding steroid dienone is 2. The second kappa shape index (κ2) is 15.4. The first-order valence-corrected chi connectivity index (χ1v) is 11.9. The number of nitrogens with two attached hydrogens (primary N) is 2. The van der Waals surface area contributed by atoms with E-state index in [1.807, 2.05) is 32.3 Å². The number of ether oxygens (including phenoxy) is 2. The zero-order valence-electron chi connectivity index (χ0n) is 23.5. The van der Waals surface area contributed by atoms with Crippen molar-refractivity contribution in [1.82, 2.24) is 0 Å². The zero-order chi connectivity index (χ0) is 28.9. The Bertz CT molecular complexity index is 772. The number of carboxylic acid groups (broad SMARTS) is 2. The summed E-state index contributed by atoms with van der Waals surface area (Å²) in [6, 6.07) is 0. The SMILES string of the molecule is C/C(=C\C=C/[NH2+][C@H]1CC[C@@H](COC(=O)C(C)(C)C)O1)C(N)=O.CC(C)(C)C(=O)O.CC(C)(C)C(=O)O. The maximum atomic E-state index is 11.7. The fraction of sp³-hybridized carbons (Fsp3) is 0.692. The molecule has 0 spiro atoms. The van der Waals surface area contributed by atoms with E-state index in [-0.39, 0.29) is 18.3 Å². The predicted octanol–water partition coefficient (Wildman–Crippen LogP) is 2.82. The van der Waals surface area contributed by atoms with Crippen LogP contribution in [0.5, 0.6) is 0 Å². The number of hydrogen-bond acceptors (Lipinski definition) is 6. The number of carbonyl (C=O) groups excluding carboxylic acids is 2. The van der Waals surface area contributed by atoms with Gasteiger partial charge in [0.2, 0.25) is 5.91 Å². The number of esters is 1. The van der Waals surface area contributed by atoms with Gasteiger partial charge in [-0.25, -0.2) is 0 Å². The summed E-state index contributed by atoms with van der Waals surface area (Å²) in [6.07, 6.45) is 6.97. The monoisotopic (exact) mass is 515 g/mol. The Kier molecular flexibility index (Phi) is 15.2. The molecule has 10 nitrogen and oxygen atoms in total. The van der Waals surface area contributed by atoms with Crippen LogP contribution in [0.15, 0.2) is 23.9 Å². The van der Waals surface area contributed by atoms with Crippen molar-refractivity contribution in [3.05, 3.63) is 23.9 Å². The Morgan fingerprint density at radius 1 is 0.917 bits per heavy atom. The molecule has 0 aromatic carbocycles. The minimum Gasteiger partial charge on any atom is -0.481 e. The lowest BCUT2D eigenvalue weighted by atomic mass is 9.97. The molecule has 10 heteroatoms. The molecule has 0 bridgehead atoms. The van der Waals surface area contributed by atoms with E-state index < -0.39 is 34.1 Å². The van der Waals surface area contributed by atoms with Gasteiger partial charge in [0.05, 0.1) is 28.5 Å². The molecule has 1 fully saturated rings. The van der Waals surface area contributed by atoms with Crippen LogP contribution >= 0.6 is 0 Å². The van der Waals surface area contributed by atoms with E-state index in [2.05, 4.69) is 0 Å². The van der Waals surface area contributed by atoms with Crippen molar-refractivity contribution in [3.8, 4) is 0 Å². The van der Waals surface area contributed by atoms with Gasteiger partial charge in [0.15, 0.2) is 6.23 Å². The average molecular weight is 516 g/mol. The van der Waals surface area contributed by atoms with Gasteiger partial charge in [-0.15, -0.1) is 0 Å². The number of aliphatic carboxylic acids is 2. The summed E-state index contributed by atoms with van der Waals surface area (Å²) in [5.74, 6) is -2.15. The van der Waals surface area contributed by atoms with Crippen LogP contribution in [0, 0.1) is 16.2 Å². The largest absolute Gasteiger partial charge is 0.481 e. The minimum absolute atomic E-state index is 0.0110. The molecule has 0 unspecified atom stereocenters. The lowest BCUT2D eigenvalue weighted by molar-refractivity contribution is -0.667. The Labute approximate surface area is 215 Å². The highest BCUT2D eigenvalue weighted by Crippen LogP contribution is 2.19. The molecule has 0 aromatic rings. The summed E-state index contributed by atoms with van der Waals surface area (Å²) >= 11 is 0. The van der Waals surface area contributed by atoms with Gasteiger partial charge in [-0.3, -0.25) is 24.5 Å². The number of amides is 1. The maximum absolute atomic E-state index is 11.7. The second-order valence-electron chi connectivity index (χ2n) is 11.6. The Hall–Kier alpha value is -2.72. The molecule has 1 heterocycles. The number of primary amides is 1. The van der Waals surface area contributed by atoms with Crippen LogP contribution in [0.1, 0.15) is 82.1 Å². The summed E-state index contributed by atoms with van der Waals surface area (Å²) in [4.78, 5) is 42.6. The Balaban J connectivity index is 0. The van der Waals surface area contributed by atoms with Gasteiger partial charge in [-0.1, -0.05) is 0 Å². The third-order valence-electron chi connectivity index (χ3n) is 4.61. The van der Waals surface area contributed by atoms with Gasteiger partial charge in [0.25, 0.3) is 0 Å². The maximum Gasteiger partial charge on any atom is 0.311 e. The first kappa shape index (κ1) is 35.4. The highest BCUT2D eigenvalue weighted by atomic mass is 16.6. The van der Waals surface area contributed by atoms with Crippen LogP contribution < -0.4 is 11.1 Å². The van der Waals surface area contributed by atoms with E-state index in [9.17, 15) is 19.2 Å². The molecule has 208 valence electrons. The fourth-order valence-electron chi connectivity index (χ4n) is 1.85. The molecule has 1 rings (SSSR count). The molecular weight excluding hydrogens is 468 g/mol. The number of carboxylic acids is 2. The van der Waals surface area contributed by atoms with Gasteiger partial charge in [-0.2, -0.15) is 0 Å². The van der Waals surface area contributed by atoms with E-state index in [1.165, 1.54) is 0 Å². The third-order valence-corrected chi connectivity index (χ3v) is 4.61. The van der Waals surface area contributed by atoms with Crippen molar-refractivity contribution in [2.45, 2.75) is 94.4 Å². The molecule has 2 atom stereocenters. The first-order chi connectivity index (χ1) is 16.1. The van der Waals surface area contributed by atoms with Gasteiger partial charge in [0.1, 0.15) is 6.61 Å².